The molecule has 3 rings (SSSR count). The van der Waals surface area contributed by atoms with E-state index in [0.29, 0.717) is 21.6 Å². The lowest BCUT2D eigenvalue weighted by molar-refractivity contribution is -0.115. The monoisotopic (exact) mass is 340 g/mol. The summed E-state index contributed by atoms with van der Waals surface area (Å²) in [5, 5.41) is 3.33. The van der Waals surface area contributed by atoms with Crippen molar-refractivity contribution < 1.29 is 14.3 Å². The van der Waals surface area contributed by atoms with Gasteiger partial charge in [0.1, 0.15) is 11.5 Å². The number of thioether (sulfide) groups is 1. The Hall–Kier alpha value is -2.73. The lowest BCUT2D eigenvalue weighted by atomic mass is 10.1. The van der Waals surface area contributed by atoms with Crippen LogP contribution in [-0.4, -0.2) is 25.3 Å². The summed E-state index contributed by atoms with van der Waals surface area (Å²) in [7, 11) is 3.18. The van der Waals surface area contributed by atoms with Crippen LogP contribution in [0.4, 0.5) is 5.69 Å². The van der Waals surface area contributed by atoms with E-state index in [1.54, 1.807) is 26.4 Å². The van der Waals surface area contributed by atoms with E-state index >= 15 is 0 Å². The number of hydrogen-bond donors (Lipinski definition) is 1. The lowest BCUT2D eigenvalue weighted by Crippen LogP contribution is -2.19. The van der Waals surface area contributed by atoms with Crippen LogP contribution in [0, 0.1) is 0 Å². The van der Waals surface area contributed by atoms with Gasteiger partial charge in [0, 0.05) is 11.6 Å². The van der Waals surface area contributed by atoms with Crippen molar-refractivity contribution in [2.45, 2.75) is 0 Å². The molecule has 122 valence electrons. The number of methoxy groups -OCH3 is 2. The van der Waals surface area contributed by atoms with Gasteiger partial charge in [0.2, 0.25) is 0 Å². The van der Waals surface area contributed by atoms with Crippen LogP contribution in [0.1, 0.15) is 5.56 Å². The van der Waals surface area contributed by atoms with Gasteiger partial charge < -0.3 is 14.8 Å². The van der Waals surface area contributed by atoms with Gasteiger partial charge in [-0.2, -0.15) is 0 Å². The highest BCUT2D eigenvalue weighted by Crippen LogP contribution is 2.32. The Bertz CT molecular complexity index is 816. The first-order chi connectivity index (χ1) is 11.7. The Balaban J connectivity index is 1.86. The Morgan fingerprint density at radius 2 is 1.88 bits per heavy atom. The second-order valence-electron chi connectivity index (χ2n) is 4.93. The molecule has 0 saturated carbocycles. The van der Waals surface area contributed by atoms with Gasteiger partial charge in [-0.15, -0.1) is 0 Å². The van der Waals surface area contributed by atoms with E-state index < -0.39 is 0 Å². The summed E-state index contributed by atoms with van der Waals surface area (Å²) in [6, 6.07) is 15.0. The van der Waals surface area contributed by atoms with Crippen LogP contribution in [0.15, 0.2) is 58.4 Å². The largest absolute Gasteiger partial charge is 0.497 e. The molecule has 1 heterocycles. The van der Waals surface area contributed by atoms with Gasteiger partial charge in [-0.05, 0) is 42.1 Å². The van der Waals surface area contributed by atoms with Crippen LogP contribution in [0.2, 0.25) is 0 Å². The van der Waals surface area contributed by atoms with Crippen molar-refractivity contribution >= 4 is 34.6 Å². The summed E-state index contributed by atoms with van der Waals surface area (Å²) in [5.41, 5.74) is 1.60. The third kappa shape index (κ3) is 3.60. The summed E-state index contributed by atoms with van der Waals surface area (Å²) < 4.78 is 10.5. The molecule has 1 saturated heterocycles. The molecule has 1 fully saturated rings. The Morgan fingerprint density at radius 1 is 1.08 bits per heavy atom. The van der Waals surface area contributed by atoms with Crippen molar-refractivity contribution in [2.24, 2.45) is 4.99 Å². The molecule has 0 spiro atoms. The Labute approximate surface area is 144 Å². The maximum atomic E-state index is 12.2. The average molecular weight is 340 g/mol. The third-order valence-corrected chi connectivity index (χ3v) is 4.27. The highest BCUT2D eigenvalue weighted by atomic mass is 32.2. The van der Waals surface area contributed by atoms with Crippen LogP contribution < -0.4 is 14.8 Å². The SMILES string of the molecule is COc1ccc(/C=C2\SC(=Nc3ccccc3)NC2=O)c(OC)c1. The fraction of sp³-hybridized carbons (Fsp3) is 0.111. The number of nitrogens with one attached hydrogen (secondary N) is 1. The number of carbonyl (C=O) groups is 1. The van der Waals surface area contributed by atoms with Crippen molar-refractivity contribution in [2.75, 3.05) is 14.2 Å². The molecule has 24 heavy (non-hydrogen) atoms. The minimum Gasteiger partial charge on any atom is -0.497 e. The zero-order valence-electron chi connectivity index (χ0n) is 13.3. The van der Waals surface area contributed by atoms with E-state index in [2.05, 4.69) is 10.3 Å². The van der Waals surface area contributed by atoms with Gasteiger partial charge in [-0.1, -0.05) is 18.2 Å². The minimum atomic E-state index is -0.174. The van der Waals surface area contributed by atoms with Crippen LogP contribution in [0.25, 0.3) is 6.08 Å². The van der Waals surface area contributed by atoms with Gasteiger partial charge in [0.05, 0.1) is 24.8 Å². The molecule has 0 aliphatic carbocycles. The van der Waals surface area contributed by atoms with Gasteiger partial charge in [0.15, 0.2) is 5.17 Å². The predicted molar refractivity (Wildman–Crippen MR) is 96.8 cm³/mol. The first-order valence-electron chi connectivity index (χ1n) is 7.26. The number of rotatable bonds is 4. The summed E-state index contributed by atoms with van der Waals surface area (Å²) in [6.45, 7) is 0. The van der Waals surface area contributed by atoms with Gasteiger partial charge in [-0.3, -0.25) is 4.79 Å². The molecule has 1 amide bonds. The van der Waals surface area contributed by atoms with Gasteiger partial charge in [-0.25, -0.2) is 4.99 Å². The number of hydrogen-bond acceptors (Lipinski definition) is 5. The zero-order valence-corrected chi connectivity index (χ0v) is 14.1. The number of nitrogens with zero attached hydrogens (tertiary/aromatic N) is 1. The predicted octanol–water partition coefficient (Wildman–Crippen LogP) is 3.60. The zero-order chi connectivity index (χ0) is 16.9. The average Bonchev–Trinajstić information content (AvgIpc) is 2.95. The first kappa shape index (κ1) is 16.1. The van der Waals surface area contributed by atoms with Gasteiger partial charge in [0.25, 0.3) is 5.91 Å². The van der Waals surface area contributed by atoms with E-state index in [-0.39, 0.29) is 5.91 Å². The molecule has 1 N–H and O–H groups in total. The van der Waals surface area contributed by atoms with E-state index in [1.807, 2.05) is 42.5 Å². The molecule has 0 aromatic heterocycles. The number of benzene rings is 2. The molecule has 0 bridgehead atoms. The molecular weight excluding hydrogens is 324 g/mol. The molecule has 1 aliphatic heterocycles. The summed E-state index contributed by atoms with van der Waals surface area (Å²) in [4.78, 5) is 17.1. The number of carbonyl (C=O) groups excluding carboxylic acids is 1. The number of ether oxygens (including phenoxy) is 2. The van der Waals surface area contributed by atoms with Crippen molar-refractivity contribution in [1.82, 2.24) is 5.32 Å². The van der Waals surface area contributed by atoms with Gasteiger partial charge >= 0.3 is 0 Å². The number of para-hydroxylation sites is 1. The summed E-state index contributed by atoms with van der Waals surface area (Å²) in [6.07, 6.45) is 1.78. The standard InChI is InChI=1S/C18H16N2O3S/c1-22-14-9-8-12(15(11-14)23-2)10-16-17(21)20-18(24-16)19-13-6-4-3-5-7-13/h3-11H,1-2H3,(H,19,20,21)/b16-10-. The minimum absolute atomic E-state index is 0.174. The molecule has 5 nitrogen and oxygen atoms in total. The molecule has 0 unspecified atom stereocenters. The summed E-state index contributed by atoms with van der Waals surface area (Å²) >= 11 is 1.30. The molecule has 2 aromatic rings. The Kier molecular flexibility index (Phi) is 4.86. The normalized spacial score (nSPS) is 17.2. The van der Waals surface area contributed by atoms with E-state index in [0.717, 1.165) is 11.3 Å². The van der Waals surface area contributed by atoms with E-state index in [1.165, 1.54) is 11.8 Å². The molecule has 6 heteroatoms. The van der Waals surface area contributed by atoms with Crippen molar-refractivity contribution in [3.05, 3.63) is 59.0 Å². The molecular formula is C18H16N2O3S. The van der Waals surface area contributed by atoms with E-state index in [9.17, 15) is 4.79 Å². The third-order valence-electron chi connectivity index (χ3n) is 3.36. The maximum Gasteiger partial charge on any atom is 0.264 e. The number of aliphatic imine (C=N–C) groups is 1. The van der Waals surface area contributed by atoms with Crippen molar-refractivity contribution in [3.8, 4) is 11.5 Å². The number of amidine groups is 1. The highest BCUT2D eigenvalue weighted by Gasteiger charge is 2.24. The fourth-order valence-corrected chi connectivity index (χ4v) is 3.01. The second-order valence-corrected chi connectivity index (χ2v) is 5.96. The van der Waals surface area contributed by atoms with Crippen LogP contribution >= 0.6 is 11.8 Å². The first-order valence-corrected chi connectivity index (χ1v) is 8.08. The summed E-state index contributed by atoms with van der Waals surface area (Å²) in [5.74, 6) is 1.17. The smallest absolute Gasteiger partial charge is 0.264 e. The second kappa shape index (κ2) is 7.23. The van der Waals surface area contributed by atoms with Crippen molar-refractivity contribution in [1.29, 1.82) is 0 Å². The maximum absolute atomic E-state index is 12.2. The van der Waals surface area contributed by atoms with Crippen LogP contribution in [0.5, 0.6) is 11.5 Å². The molecule has 1 aliphatic rings. The van der Waals surface area contributed by atoms with Crippen LogP contribution in [0.3, 0.4) is 0 Å². The van der Waals surface area contributed by atoms with Crippen molar-refractivity contribution in [3.63, 3.8) is 0 Å². The fourth-order valence-electron chi connectivity index (χ4n) is 2.18. The quantitative estimate of drug-likeness (QED) is 0.864. The number of amides is 1. The Morgan fingerprint density at radius 3 is 2.58 bits per heavy atom. The van der Waals surface area contributed by atoms with E-state index in [4.69, 9.17) is 9.47 Å². The molecule has 0 radical (unpaired) electrons. The van der Waals surface area contributed by atoms with Crippen LogP contribution in [-0.2, 0) is 4.79 Å². The molecule has 2 aromatic carbocycles. The highest BCUT2D eigenvalue weighted by molar-refractivity contribution is 8.18. The topological polar surface area (TPSA) is 59.9 Å². The molecule has 0 atom stereocenters. The lowest BCUT2D eigenvalue weighted by Gasteiger charge is -2.07.